The first-order chi connectivity index (χ1) is 8.31. The highest BCUT2D eigenvalue weighted by Gasteiger charge is 2.33. The van der Waals surface area contributed by atoms with Gasteiger partial charge in [-0.25, -0.2) is 0 Å². The molecule has 1 saturated heterocycles. The van der Waals surface area contributed by atoms with Gasteiger partial charge in [0, 0.05) is 19.6 Å². The second kappa shape index (κ2) is 6.36. The fraction of sp³-hybridized carbons (Fsp3) is 0.923. The molecule has 1 aliphatic heterocycles. The molecule has 0 radical (unpaired) electrons. The van der Waals surface area contributed by atoms with Gasteiger partial charge in [-0.05, 0) is 18.8 Å². The number of carbonyl (C=O) groups excluding carboxylic acids is 1. The fourth-order valence-corrected chi connectivity index (χ4v) is 2.99. The lowest BCUT2D eigenvalue weighted by Crippen LogP contribution is -2.43. The summed E-state index contributed by atoms with van der Waals surface area (Å²) in [5, 5.41) is 0. The number of rotatable bonds is 4. The Bertz CT molecular complexity index is 245. The lowest BCUT2D eigenvalue weighted by molar-refractivity contribution is -0.148. The van der Waals surface area contributed by atoms with Crippen LogP contribution in [0.15, 0.2) is 0 Å². The number of morpholine rings is 1. The molecule has 0 amide bonds. The molecule has 1 heterocycles. The number of nitrogens with zero attached hydrogens (tertiary/aromatic N) is 1. The van der Waals surface area contributed by atoms with E-state index in [1.54, 1.807) is 0 Å². The predicted molar refractivity (Wildman–Crippen MR) is 64.7 cm³/mol. The van der Waals surface area contributed by atoms with Crippen LogP contribution in [0.4, 0.5) is 0 Å². The number of esters is 1. The third kappa shape index (κ3) is 3.42. The van der Waals surface area contributed by atoms with E-state index in [4.69, 9.17) is 9.47 Å². The van der Waals surface area contributed by atoms with Crippen LogP contribution in [0.2, 0.25) is 0 Å². The second-order valence-corrected chi connectivity index (χ2v) is 5.09. The highest BCUT2D eigenvalue weighted by molar-refractivity contribution is 5.73. The maximum atomic E-state index is 11.9. The molecule has 4 heteroatoms. The summed E-state index contributed by atoms with van der Waals surface area (Å²) in [6, 6.07) is 0. The van der Waals surface area contributed by atoms with E-state index in [9.17, 15) is 4.79 Å². The average Bonchev–Trinajstić information content (AvgIpc) is 2.90. The van der Waals surface area contributed by atoms with E-state index >= 15 is 0 Å². The Kier molecular flexibility index (Phi) is 4.80. The van der Waals surface area contributed by atoms with Crippen molar-refractivity contribution in [2.45, 2.75) is 25.7 Å². The van der Waals surface area contributed by atoms with Crippen LogP contribution in [0.1, 0.15) is 25.7 Å². The largest absolute Gasteiger partial charge is 0.469 e. The van der Waals surface area contributed by atoms with E-state index in [0.29, 0.717) is 5.92 Å². The van der Waals surface area contributed by atoms with Gasteiger partial charge in [0.1, 0.15) is 0 Å². The first kappa shape index (κ1) is 12.8. The molecule has 0 aromatic heterocycles. The Morgan fingerprint density at radius 3 is 2.59 bits per heavy atom. The minimum Gasteiger partial charge on any atom is -0.469 e. The molecule has 0 bridgehead atoms. The number of methoxy groups -OCH3 is 1. The molecule has 2 aliphatic rings. The van der Waals surface area contributed by atoms with Crippen molar-refractivity contribution in [1.29, 1.82) is 0 Å². The Hall–Kier alpha value is -0.610. The maximum Gasteiger partial charge on any atom is 0.310 e. The number of ether oxygens (including phenoxy) is 2. The zero-order chi connectivity index (χ0) is 12.1. The van der Waals surface area contributed by atoms with Crippen molar-refractivity contribution in [2.24, 2.45) is 11.8 Å². The quantitative estimate of drug-likeness (QED) is 0.695. The molecule has 1 saturated carbocycles. The van der Waals surface area contributed by atoms with E-state index < -0.39 is 0 Å². The lowest BCUT2D eigenvalue weighted by Gasteiger charge is -2.31. The van der Waals surface area contributed by atoms with E-state index in [2.05, 4.69) is 4.90 Å². The van der Waals surface area contributed by atoms with Crippen LogP contribution >= 0.6 is 0 Å². The first-order valence-electron chi connectivity index (χ1n) is 6.69. The molecule has 0 aromatic carbocycles. The normalized spacial score (nSPS) is 24.8. The highest BCUT2D eigenvalue weighted by atomic mass is 16.5. The zero-order valence-electron chi connectivity index (χ0n) is 10.7. The van der Waals surface area contributed by atoms with Crippen molar-refractivity contribution < 1.29 is 14.3 Å². The van der Waals surface area contributed by atoms with Crippen LogP contribution in [-0.4, -0.2) is 50.8 Å². The summed E-state index contributed by atoms with van der Waals surface area (Å²) in [5.74, 6) is 0.578. The Morgan fingerprint density at radius 1 is 1.35 bits per heavy atom. The summed E-state index contributed by atoms with van der Waals surface area (Å²) >= 11 is 0. The van der Waals surface area contributed by atoms with Gasteiger partial charge in [-0.3, -0.25) is 9.69 Å². The van der Waals surface area contributed by atoms with E-state index in [1.807, 2.05) is 0 Å². The van der Waals surface area contributed by atoms with Gasteiger partial charge in [0.25, 0.3) is 0 Å². The molecule has 0 spiro atoms. The van der Waals surface area contributed by atoms with Gasteiger partial charge in [0.05, 0.1) is 26.2 Å². The Morgan fingerprint density at radius 2 is 2.00 bits per heavy atom. The Labute approximate surface area is 103 Å². The number of hydrogen-bond donors (Lipinski definition) is 0. The molecule has 2 rings (SSSR count). The molecule has 17 heavy (non-hydrogen) atoms. The molecule has 98 valence electrons. The molecule has 1 aliphatic carbocycles. The molecule has 0 N–H and O–H groups in total. The van der Waals surface area contributed by atoms with Crippen molar-refractivity contribution in [2.75, 3.05) is 40.0 Å². The topological polar surface area (TPSA) is 38.8 Å². The summed E-state index contributed by atoms with van der Waals surface area (Å²) in [7, 11) is 1.50. The molecular formula is C13H23NO3. The van der Waals surface area contributed by atoms with Crippen molar-refractivity contribution in [3.8, 4) is 0 Å². The first-order valence-corrected chi connectivity index (χ1v) is 6.69. The van der Waals surface area contributed by atoms with Gasteiger partial charge in [0.2, 0.25) is 0 Å². The van der Waals surface area contributed by atoms with Crippen molar-refractivity contribution in [3.05, 3.63) is 0 Å². The van der Waals surface area contributed by atoms with Crippen molar-refractivity contribution in [1.82, 2.24) is 4.90 Å². The minimum absolute atomic E-state index is 0.0246. The van der Waals surface area contributed by atoms with Crippen LogP contribution < -0.4 is 0 Å². The monoisotopic (exact) mass is 241 g/mol. The highest BCUT2D eigenvalue weighted by Crippen LogP contribution is 2.32. The molecule has 0 aromatic rings. The van der Waals surface area contributed by atoms with Gasteiger partial charge in [-0.1, -0.05) is 12.8 Å². The third-order valence-electron chi connectivity index (χ3n) is 4.03. The van der Waals surface area contributed by atoms with Gasteiger partial charge in [0.15, 0.2) is 0 Å². The number of carbonyl (C=O) groups is 1. The number of hydrogen-bond acceptors (Lipinski definition) is 4. The Balaban J connectivity index is 1.91. The van der Waals surface area contributed by atoms with Crippen LogP contribution in [-0.2, 0) is 14.3 Å². The summed E-state index contributed by atoms with van der Waals surface area (Å²) in [4.78, 5) is 14.2. The molecule has 1 atom stereocenters. The van der Waals surface area contributed by atoms with Crippen LogP contribution in [0, 0.1) is 11.8 Å². The fourth-order valence-electron chi connectivity index (χ4n) is 2.99. The molecular weight excluding hydrogens is 218 g/mol. The average molecular weight is 241 g/mol. The van der Waals surface area contributed by atoms with E-state index in [-0.39, 0.29) is 11.9 Å². The lowest BCUT2D eigenvalue weighted by atomic mass is 9.90. The smallest absolute Gasteiger partial charge is 0.310 e. The van der Waals surface area contributed by atoms with Gasteiger partial charge in [-0.15, -0.1) is 0 Å². The standard InChI is InChI=1S/C13H23NO3/c1-16-13(15)12(11-4-2-3-5-11)10-14-6-8-17-9-7-14/h11-12H,2-10H2,1H3. The molecule has 2 fully saturated rings. The van der Waals surface area contributed by atoms with Crippen LogP contribution in [0.5, 0.6) is 0 Å². The van der Waals surface area contributed by atoms with Gasteiger partial charge < -0.3 is 9.47 Å². The van der Waals surface area contributed by atoms with Crippen LogP contribution in [0.25, 0.3) is 0 Å². The summed E-state index contributed by atoms with van der Waals surface area (Å²) in [5.41, 5.74) is 0. The third-order valence-corrected chi connectivity index (χ3v) is 4.03. The summed E-state index contributed by atoms with van der Waals surface area (Å²) in [6.45, 7) is 4.32. The maximum absolute atomic E-state index is 11.9. The van der Waals surface area contributed by atoms with E-state index in [0.717, 1.165) is 32.8 Å². The van der Waals surface area contributed by atoms with Gasteiger partial charge in [-0.2, -0.15) is 0 Å². The molecule has 4 nitrogen and oxygen atoms in total. The van der Waals surface area contributed by atoms with Gasteiger partial charge >= 0.3 is 5.97 Å². The van der Waals surface area contributed by atoms with Crippen molar-refractivity contribution >= 4 is 5.97 Å². The minimum atomic E-state index is -0.0246. The summed E-state index contributed by atoms with van der Waals surface area (Å²) in [6.07, 6.45) is 4.90. The van der Waals surface area contributed by atoms with Crippen molar-refractivity contribution in [3.63, 3.8) is 0 Å². The van der Waals surface area contributed by atoms with E-state index in [1.165, 1.54) is 32.8 Å². The predicted octanol–water partition coefficient (Wildman–Crippen LogP) is 1.30. The SMILES string of the molecule is COC(=O)C(CN1CCOCC1)C1CCCC1. The van der Waals surface area contributed by atoms with Crippen LogP contribution in [0.3, 0.4) is 0 Å². The zero-order valence-corrected chi connectivity index (χ0v) is 10.7. The molecule has 1 unspecified atom stereocenters. The second-order valence-electron chi connectivity index (χ2n) is 5.09. The summed E-state index contributed by atoms with van der Waals surface area (Å²) < 4.78 is 10.3.